The van der Waals surface area contributed by atoms with Gasteiger partial charge >= 0.3 is 35.5 Å². The summed E-state index contributed by atoms with van der Waals surface area (Å²) in [5.74, 6) is -1.20. The van der Waals surface area contributed by atoms with Gasteiger partial charge in [0.1, 0.15) is 6.04 Å². The predicted octanol–water partition coefficient (Wildman–Crippen LogP) is -0.311. The van der Waals surface area contributed by atoms with E-state index < -0.39 is 12.0 Å². The van der Waals surface area contributed by atoms with Gasteiger partial charge < -0.3 is 11.8 Å². The number of carboxylic acids is 1. The van der Waals surface area contributed by atoms with E-state index >= 15 is 0 Å². The van der Waals surface area contributed by atoms with Gasteiger partial charge in [0.15, 0.2) is 0 Å². The van der Waals surface area contributed by atoms with E-state index in [-0.39, 0.29) is 42.8 Å². The van der Waals surface area contributed by atoms with Crippen LogP contribution in [-0.4, -0.2) is 23.0 Å². The van der Waals surface area contributed by atoms with Crippen molar-refractivity contribution in [1.82, 2.24) is 5.32 Å². The maximum absolute atomic E-state index is 11.5. The number of aliphatic carboxylic acids is 1. The van der Waals surface area contributed by atoms with Gasteiger partial charge in [0.25, 0.3) is 0 Å². The Morgan fingerprint density at radius 3 is 2.17 bits per heavy atom. The molecule has 0 aliphatic carbocycles. The maximum atomic E-state index is 11.5. The first-order chi connectivity index (χ1) is 7.99. The fourth-order valence-electron chi connectivity index (χ4n) is 1.65. The van der Waals surface area contributed by atoms with Crippen molar-refractivity contribution in [2.75, 3.05) is 0 Å². The molecule has 5 heteroatoms. The standard InChI is InChI=1S/C13H25NO3.Na.H/c1-4-5-6-7-8-9-11(15)14-12(10(2)3)13(16)17;;/h10,12H,4-9H2,1-3H3,(H,14,15)(H,16,17);;/q;+1;-1/t12-;;/m0../s1. The Morgan fingerprint density at radius 1 is 1.17 bits per heavy atom. The number of nitrogens with one attached hydrogen (secondary N) is 1. The summed E-state index contributed by atoms with van der Waals surface area (Å²) in [6.07, 6.45) is 5.85. The van der Waals surface area contributed by atoms with Crippen molar-refractivity contribution in [3.8, 4) is 0 Å². The molecule has 0 saturated carbocycles. The first kappa shape index (κ1) is 20.3. The normalized spacial score (nSPS) is 11.8. The van der Waals surface area contributed by atoms with Crippen molar-refractivity contribution < 1.29 is 45.7 Å². The van der Waals surface area contributed by atoms with Crippen LogP contribution in [0.2, 0.25) is 0 Å². The Labute approximate surface area is 134 Å². The minimum atomic E-state index is -0.959. The van der Waals surface area contributed by atoms with Crippen LogP contribution >= 0.6 is 0 Å². The quantitative estimate of drug-likeness (QED) is 0.445. The summed E-state index contributed by atoms with van der Waals surface area (Å²) < 4.78 is 0. The monoisotopic (exact) mass is 267 g/mol. The Balaban J connectivity index is -0.00000128. The molecule has 0 aromatic rings. The van der Waals surface area contributed by atoms with E-state index in [0.717, 1.165) is 19.3 Å². The molecule has 1 atom stereocenters. The molecule has 0 unspecified atom stereocenters. The number of carbonyl (C=O) groups excluding carboxylic acids is 1. The fraction of sp³-hybridized carbons (Fsp3) is 0.846. The fourth-order valence-corrected chi connectivity index (χ4v) is 1.65. The van der Waals surface area contributed by atoms with E-state index in [4.69, 9.17) is 5.11 Å². The zero-order valence-electron chi connectivity index (χ0n) is 13.2. The predicted molar refractivity (Wildman–Crippen MR) is 68.9 cm³/mol. The van der Waals surface area contributed by atoms with Gasteiger partial charge in [-0.3, -0.25) is 4.79 Å². The Kier molecular flexibility index (Phi) is 13.5. The third-order valence-corrected chi connectivity index (χ3v) is 2.76. The molecule has 18 heavy (non-hydrogen) atoms. The minimum absolute atomic E-state index is 0. The molecule has 0 bridgehead atoms. The number of hydrogen-bond donors (Lipinski definition) is 2. The molecule has 0 heterocycles. The van der Waals surface area contributed by atoms with Gasteiger partial charge in [-0.25, -0.2) is 4.79 Å². The van der Waals surface area contributed by atoms with Gasteiger partial charge in [0.05, 0.1) is 0 Å². The largest absolute Gasteiger partial charge is 1.00 e. The van der Waals surface area contributed by atoms with Crippen LogP contribution in [0.1, 0.15) is 60.7 Å². The van der Waals surface area contributed by atoms with E-state index in [9.17, 15) is 9.59 Å². The molecule has 0 aromatic carbocycles. The van der Waals surface area contributed by atoms with Crippen molar-refractivity contribution in [1.29, 1.82) is 0 Å². The summed E-state index contributed by atoms with van der Waals surface area (Å²) in [5.41, 5.74) is 0. The summed E-state index contributed by atoms with van der Waals surface area (Å²) in [7, 11) is 0. The van der Waals surface area contributed by atoms with Crippen LogP contribution in [-0.2, 0) is 9.59 Å². The van der Waals surface area contributed by atoms with Crippen LogP contribution in [0.15, 0.2) is 0 Å². The number of amides is 1. The maximum Gasteiger partial charge on any atom is 1.00 e. The second-order valence-corrected chi connectivity index (χ2v) is 4.79. The minimum Gasteiger partial charge on any atom is -1.00 e. The smallest absolute Gasteiger partial charge is 1.00 e. The molecule has 0 aromatic heterocycles. The molecule has 0 aliphatic heterocycles. The first-order valence-corrected chi connectivity index (χ1v) is 6.51. The average Bonchev–Trinajstić information content (AvgIpc) is 2.24. The van der Waals surface area contributed by atoms with E-state index in [1.54, 1.807) is 13.8 Å². The summed E-state index contributed by atoms with van der Waals surface area (Å²) in [6.45, 7) is 5.73. The third-order valence-electron chi connectivity index (χ3n) is 2.76. The summed E-state index contributed by atoms with van der Waals surface area (Å²) in [4.78, 5) is 22.4. The summed E-state index contributed by atoms with van der Waals surface area (Å²) in [6, 6.07) is -0.766. The summed E-state index contributed by atoms with van der Waals surface area (Å²) >= 11 is 0. The van der Waals surface area contributed by atoms with Crippen LogP contribution < -0.4 is 34.9 Å². The molecule has 1 amide bonds. The SMILES string of the molecule is CCCCCCCC(=O)N[C@H](C(=O)O)C(C)C.[H-].[Na+]. The van der Waals surface area contributed by atoms with Gasteiger partial charge in [-0.2, -0.15) is 0 Å². The number of unbranched alkanes of at least 4 members (excludes halogenated alkanes) is 4. The van der Waals surface area contributed by atoms with Crippen molar-refractivity contribution in [2.24, 2.45) is 5.92 Å². The number of carbonyl (C=O) groups is 2. The number of hydrogen-bond acceptors (Lipinski definition) is 2. The third kappa shape index (κ3) is 9.92. The van der Waals surface area contributed by atoms with Gasteiger partial charge in [-0.1, -0.05) is 46.5 Å². The average molecular weight is 267 g/mol. The van der Waals surface area contributed by atoms with Crippen LogP contribution in [0.5, 0.6) is 0 Å². The zero-order chi connectivity index (χ0) is 13.3. The van der Waals surface area contributed by atoms with Gasteiger partial charge in [0, 0.05) is 6.42 Å². The Bertz CT molecular complexity index is 250. The second kappa shape index (κ2) is 12.0. The Hall–Kier alpha value is -0.0600. The molecule has 102 valence electrons. The molecular weight excluding hydrogens is 241 g/mol. The van der Waals surface area contributed by atoms with Gasteiger partial charge in [0.2, 0.25) is 5.91 Å². The molecule has 0 aliphatic rings. The van der Waals surface area contributed by atoms with Crippen LogP contribution in [0.4, 0.5) is 0 Å². The van der Waals surface area contributed by atoms with Crippen molar-refractivity contribution in [2.45, 2.75) is 65.3 Å². The first-order valence-electron chi connectivity index (χ1n) is 6.51. The molecule has 0 rings (SSSR count). The zero-order valence-corrected chi connectivity index (χ0v) is 14.2. The number of rotatable bonds is 9. The number of carboxylic acid groups (broad SMARTS) is 1. The second-order valence-electron chi connectivity index (χ2n) is 4.79. The Morgan fingerprint density at radius 2 is 1.72 bits per heavy atom. The topological polar surface area (TPSA) is 66.4 Å². The van der Waals surface area contributed by atoms with E-state index in [1.165, 1.54) is 12.8 Å². The molecule has 2 N–H and O–H groups in total. The van der Waals surface area contributed by atoms with E-state index in [2.05, 4.69) is 12.2 Å². The molecule has 0 saturated heterocycles. The molecule has 0 radical (unpaired) electrons. The van der Waals surface area contributed by atoms with E-state index in [0.29, 0.717) is 6.42 Å². The van der Waals surface area contributed by atoms with Crippen molar-refractivity contribution >= 4 is 11.9 Å². The van der Waals surface area contributed by atoms with Crippen molar-refractivity contribution in [3.63, 3.8) is 0 Å². The molecule has 0 fully saturated rings. The van der Waals surface area contributed by atoms with Crippen molar-refractivity contribution in [3.05, 3.63) is 0 Å². The van der Waals surface area contributed by atoms with Crippen LogP contribution in [0.3, 0.4) is 0 Å². The van der Waals surface area contributed by atoms with Crippen LogP contribution in [0.25, 0.3) is 0 Å². The molecule has 4 nitrogen and oxygen atoms in total. The molecule has 0 spiro atoms. The summed E-state index contributed by atoms with van der Waals surface area (Å²) in [5, 5.41) is 11.5. The van der Waals surface area contributed by atoms with E-state index in [1.807, 2.05) is 0 Å². The van der Waals surface area contributed by atoms with Crippen LogP contribution in [0, 0.1) is 5.92 Å². The molecular formula is C13H26NNaO3. The van der Waals surface area contributed by atoms with Gasteiger partial charge in [-0.05, 0) is 12.3 Å². The van der Waals surface area contributed by atoms with Gasteiger partial charge in [-0.15, -0.1) is 0 Å².